The van der Waals surface area contributed by atoms with Crippen LogP contribution in [0.3, 0.4) is 0 Å². The van der Waals surface area contributed by atoms with Crippen LogP contribution >= 0.6 is 0 Å². The summed E-state index contributed by atoms with van der Waals surface area (Å²) in [6.07, 6.45) is 4.75. The normalized spacial score (nSPS) is 13.7. The Bertz CT molecular complexity index is 448. The zero-order valence-corrected chi connectivity index (χ0v) is 9.87. The van der Waals surface area contributed by atoms with Gasteiger partial charge in [-0.3, -0.25) is 4.98 Å². The van der Waals surface area contributed by atoms with Crippen LogP contribution in [0.1, 0.15) is 24.4 Å². The minimum atomic E-state index is -2.96. The van der Waals surface area contributed by atoms with Gasteiger partial charge in [-0.05, 0) is 24.5 Å². The highest BCUT2D eigenvalue weighted by atomic mass is 32.2. The van der Waals surface area contributed by atoms with Crippen LogP contribution in [0.2, 0.25) is 0 Å². The van der Waals surface area contributed by atoms with E-state index in [0.717, 1.165) is 6.20 Å². The van der Waals surface area contributed by atoms with Crippen molar-refractivity contribution in [1.82, 2.24) is 4.98 Å². The standard InChI is InChI=1S/C10H15FN2O2S/c1-16(14,15)4-2-3-10(12)8-5-9(11)7-13-6-8/h5-7,10H,2-4,12H2,1H3. The first-order valence-electron chi connectivity index (χ1n) is 4.92. The Morgan fingerprint density at radius 1 is 1.50 bits per heavy atom. The molecule has 0 aliphatic rings. The molecule has 4 nitrogen and oxygen atoms in total. The molecule has 2 N–H and O–H groups in total. The molecule has 6 heteroatoms. The van der Waals surface area contributed by atoms with Gasteiger partial charge in [-0.1, -0.05) is 0 Å². The molecule has 1 aromatic heterocycles. The average Bonchev–Trinajstić information content (AvgIpc) is 2.15. The van der Waals surface area contributed by atoms with Crippen molar-refractivity contribution in [3.63, 3.8) is 0 Å². The molecule has 0 saturated carbocycles. The van der Waals surface area contributed by atoms with E-state index in [4.69, 9.17) is 5.73 Å². The van der Waals surface area contributed by atoms with Gasteiger partial charge in [0.2, 0.25) is 0 Å². The molecule has 1 rings (SSSR count). The number of pyridine rings is 1. The van der Waals surface area contributed by atoms with E-state index in [1.807, 2.05) is 0 Å². The van der Waals surface area contributed by atoms with Gasteiger partial charge in [-0.25, -0.2) is 12.8 Å². The van der Waals surface area contributed by atoms with Crippen LogP contribution in [0.15, 0.2) is 18.5 Å². The van der Waals surface area contributed by atoms with Crippen LogP contribution in [-0.2, 0) is 9.84 Å². The molecule has 0 aliphatic carbocycles. The van der Waals surface area contributed by atoms with Gasteiger partial charge in [-0.2, -0.15) is 0 Å². The minimum absolute atomic E-state index is 0.101. The van der Waals surface area contributed by atoms with Crippen molar-refractivity contribution in [1.29, 1.82) is 0 Å². The monoisotopic (exact) mass is 246 g/mol. The highest BCUT2D eigenvalue weighted by Crippen LogP contribution is 2.15. The lowest BCUT2D eigenvalue weighted by molar-refractivity contribution is 0.581. The average molecular weight is 246 g/mol. The van der Waals surface area contributed by atoms with Crippen molar-refractivity contribution < 1.29 is 12.8 Å². The lowest BCUT2D eigenvalue weighted by Gasteiger charge is -2.10. The summed E-state index contributed by atoms with van der Waals surface area (Å²) in [7, 11) is -2.96. The Morgan fingerprint density at radius 3 is 2.75 bits per heavy atom. The van der Waals surface area contributed by atoms with E-state index < -0.39 is 15.7 Å². The van der Waals surface area contributed by atoms with Gasteiger partial charge >= 0.3 is 0 Å². The summed E-state index contributed by atoms with van der Waals surface area (Å²) in [6.45, 7) is 0. The smallest absolute Gasteiger partial charge is 0.147 e. The number of rotatable bonds is 5. The van der Waals surface area contributed by atoms with Crippen LogP contribution in [0.4, 0.5) is 4.39 Å². The zero-order valence-electron chi connectivity index (χ0n) is 9.06. The Kier molecular flexibility index (Phi) is 4.37. The van der Waals surface area contributed by atoms with Crippen LogP contribution in [0.5, 0.6) is 0 Å². The first kappa shape index (κ1) is 13.1. The fourth-order valence-electron chi connectivity index (χ4n) is 1.36. The van der Waals surface area contributed by atoms with Gasteiger partial charge in [0.15, 0.2) is 0 Å². The van der Waals surface area contributed by atoms with Crippen molar-refractivity contribution >= 4 is 9.84 Å². The summed E-state index contributed by atoms with van der Waals surface area (Å²) in [5.74, 6) is -0.334. The van der Waals surface area contributed by atoms with Gasteiger partial charge in [0.25, 0.3) is 0 Å². The molecule has 0 bridgehead atoms. The molecule has 0 aromatic carbocycles. The fraction of sp³-hybridized carbons (Fsp3) is 0.500. The van der Waals surface area contributed by atoms with Crippen LogP contribution < -0.4 is 5.73 Å². The molecule has 1 aromatic rings. The van der Waals surface area contributed by atoms with Crippen molar-refractivity contribution in [2.45, 2.75) is 18.9 Å². The van der Waals surface area contributed by atoms with Gasteiger partial charge in [0, 0.05) is 24.2 Å². The highest BCUT2D eigenvalue weighted by molar-refractivity contribution is 7.90. The highest BCUT2D eigenvalue weighted by Gasteiger charge is 2.09. The van der Waals surface area contributed by atoms with E-state index in [9.17, 15) is 12.8 Å². The molecule has 0 saturated heterocycles. The molecule has 0 spiro atoms. The molecule has 1 unspecified atom stereocenters. The molecule has 90 valence electrons. The number of hydrogen-bond acceptors (Lipinski definition) is 4. The second-order valence-corrected chi connectivity index (χ2v) is 6.07. The predicted molar refractivity (Wildman–Crippen MR) is 60.1 cm³/mol. The molecule has 0 fully saturated rings. The topological polar surface area (TPSA) is 73.0 Å². The molecule has 0 radical (unpaired) electrons. The maximum Gasteiger partial charge on any atom is 0.147 e. The Balaban J connectivity index is 2.50. The van der Waals surface area contributed by atoms with Gasteiger partial charge < -0.3 is 5.73 Å². The van der Waals surface area contributed by atoms with E-state index >= 15 is 0 Å². The number of hydrogen-bond donors (Lipinski definition) is 1. The van der Waals surface area contributed by atoms with E-state index in [0.29, 0.717) is 18.4 Å². The van der Waals surface area contributed by atoms with Gasteiger partial charge in [0.05, 0.1) is 6.20 Å². The lowest BCUT2D eigenvalue weighted by Crippen LogP contribution is -2.13. The van der Waals surface area contributed by atoms with Crippen molar-refractivity contribution in [3.05, 3.63) is 29.8 Å². The Hall–Kier alpha value is -1.01. The van der Waals surface area contributed by atoms with Crippen LogP contribution in [-0.4, -0.2) is 25.4 Å². The van der Waals surface area contributed by atoms with E-state index in [2.05, 4.69) is 4.98 Å². The van der Waals surface area contributed by atoms with Crippen molar-refractivity contribution in [3.8, 4) is 0 Å². The lowest BCUT2D eigenvalue weighted by atomic mass is 10.1. The third-order valence-corrected chi connectivity index (χ3v) is 3.21. The fourth-order valence-corrected chi connectivity index (χ4v) is 2.05. The van der Waals surface area contributed by atoms with Crippen LogP contribution in [0, 0.1) is 5.82 Å². The Morgan fingerprint density at radius 2 is 2.19 bits per heavy atom. The number of aromatic nitrogens is 1. The SMILES string of the molecule is CS(=O)(=O)CCCC(N)c1cncc(F)c1. The third-order valence-electron chi connectivity index (χ3n) is 2.18. The molecule has 16 heavy (non-hydrogen) atoms. The predicted octanol–water partition coefficient (Wildman–Crippen LogP) is 1.05. The quantitative estimate of drug-likeness (QED) is 0.842. The third kappa shape index (κ3) is 4.67. The summed E-state index contributed by atoms with van der Waals surface area (Å²) in [5.41, 5.74) is 6.38. The van der Waals surface area contributed by atoms with E-state index in [1.54, 1.807) is 0 Å². The maximum absolute atomic E-state index is 12.8. The summed E-state index contributed by atoms with van der Waals surface area (Å²) >= 11 is 0. The van der Waals surface area contributed by atoms with E-state index in [1.165, 1.54) is 18.5 Å². The number of sulfone groups is 1. The molecule has 1 atom stereocenters. The first-order valence-corrected chi connectivity index (χ1v) is 6.98. The molecule has 0 amide bonds. The van der Waals surface area contributed by atoms with E-state index in [-0.39, 0.29) is 11.8 Å². The first-order chi connectivity index (χ1) is 7.38. The molecule has 0 aliphatic heterocycles. The zero-order chi connectivity index (χ0) is 12.2. The number of halogens is 1. The summed E-state index contributed by atoms with van der Waals surface area (Å²) in [5, 5.41) is 0. The summed E-state index contributed by atoms with van der Waals surface area (Å²) < 4.78 is 34.6. The second-order valence-electron chi connectivity index (χ2n) is 3.82. The Labute approximate surface area is 94.6 Å². The molecule has 1 heterocycles. The molecular formula is C10H15FN2O2S. The van der Waals surface area contributed by atoms with Crippen molar-refractivity contribution in [2.24, 2.45) is 5.73 Å². The van der Waals surface area contributed by atoms with Crippen LogP contribution in [0.25, 0.3) is 0 Å². The summed E-state index contributed by atoms with van der Waals surface area (Å²) in [6, 6.07) is 0.947. The molecular weight excluding hydrogens is 231 g/mol. The maximum atomic E-state index is 12.8. The second kappa shape index (κ2) is 5.36. The minimum Gasteiger partial charge on any atom is -0.324 e. The largest absolute Gasteiger partial charge is 0.324 e. The van der Waals surface area contributed by atoms with Gasteiger partial charge in [0.1, 0.15) is 15.7 Å². The van der Waals surface area contributed by atoms with Crippen molar-refractivity contribution in [2.75, 3.05) is 12.0 Å². The number of nitrogens with two attached hydrogens (primary N) is 1. The number of nitrogens with zero attached hydrogens (tertiary/aromatic N) is 1. The van der Waals surface area contributed by atoms with Gasteiger partial charge in [-0.15, -0.1) is 0 Å². The summed E-state index contributed by atoms with van der Waals surface area (Å²) in [4.78, 5) is 3.69.